The van der Waals surface area contributed by atoms with Gasteiger partial charge in [0.25, 0.3) is 5.91 Å². The largest absolute Gasteiger partial charge is 0.491 e. The van der Waals surface area contributed by atoms with Crippen LogP contribution in [0.25, 0.3) is 33.8 Å². The van der Waals surface area contributed by atoms with Crippen LogP contribution in [0.1, 0.15) is 23.7 Å². The number of halogens is 4. The number of pyridine rings is 1. The van der Waals surface area contributed by atoms with Gasteiger partial charge in [0.2, 0.25) is 0 Å². The molecule has 1 atom stereocenters. The molecule has 0 radical (unpaired) electrons. The van der Waals surface area contributed by atoms with Gasteiger partial charge in [-0.3, -0.25) is 9.78 Å². The van der Waals surface area contributed by atoms with Crippen molar-refractivity contribution in [3.63, 3.8) is 0 Å². The van der Waals surface area contributed by atoms with Gasteiger partial charge >= 0.3 is 12.1 Å². The number of rotatable bonds is 5. The first-order chi connectivity index (χ1) is 18.5. The van der Waals surface area contributed by atoms with Crippen molar-refractivity contribution in [3.05, 3.63) is 35.0 Å². The fourth-order valence-electron chi connectivity index (χ4n) is 4.41. The minimum atomic E-state index is -5.25. The highest BCUT2D eigenvalue weighted by molar-refractivity contribution is 6.31. The predicted octanol–water partition coefficient (Wildman–Crippen LogP) is 3.04. The number of anilines is 1. The van der Waals surface area contributed by atoms with E-state index in [0.29, 0.717) is 25.0 Å². The molecule has 1 aromatic carbocycles. The third-order valence-corrected chi connectivity index (χ3v) is 6.42. The van der Waals surface area contributed by atoms with Crippen LogP contribution >= 0.6 is 11.6 Å². The second-order valence-corrected chi connectivity index (χ2v) is 9.16. The van der Waals surface area contributed by atoms with Gasteiger partial charge in [-0.25, -0.2) is 14.4 Å². The van der Waals surface area contributed by atoms with Crippen molar-refractivity contribution in [2.75, 3.05) is 18.8 Å². The van der Waals surface area contributed by atoms with Crippen LogP contribution in [0, 0.1) is 0 Å². The maximum Gasteiger partial charge on any atom is 0.491 e. The first-order valence-corrected chi connectivity index (χ1v) is 12.0. The van der Waals surface area contributed by atoms with Gasteiger partial charge in [0.1, 0.15) is 17.0 Å². The molecule has 4 N–H and O–H groups in total. The number of benzene rings is 1. The number of carbonyl (C=O) groups is 2. The van der Waals surface area contributed by atoms with Crippen LogP contribution in [0.4, 0.5) is 19.0 Å². The van der Waals surface area contributed by atoms with Crippen molar-refractivity contribution >= 4 is 40.3 Å². The van der Waals surface area contributed by atoms with Gasteiger partial charge in [-0.05, 0) is 41.9 Å². The molecule has 0 spiro atoms. The van der Waals surface area contributed by atoms with Crippen molar-refractivity contribution in [1.29, 1.82) is 0 Å². The predicted molar refractivity (Wildman–Crippen MR) is 132 cm³/mol. The lowest BCUT2D eigenvalue weighted by molar-refractivity contribution is -0.189. The van der Waals surface area contributed by atoms with Crippen molar-refractivity contribution in [3.8, 4) is 28.5 Å². The number of ether oxygens (including phenoxy) is 1. The number of fused-ring (bicyclic) bond motifs is 1. The van der Waals surface area contributed by atoms with Crippen LogP contribution in [-0.4, -0.2) is 66.9 Å². The number of carbonyl (C=O) groups excluding carboxylic acids is 2. The molecule has 3 aromatic heterocycles. The van der Waals surface area contributed by atoms with Gasteiger partial charge in [-0.2, -0.15) is 13.2 Å². The molecule has 1 unspecified atom stereocenters. The molecule has 0 bridgehead atoms. The van der Waals surface area contributed by atoms with Crippen molar-refractivity contribution in [2.45, 2.75) is 32.1 Å². The Bertz CT molecular complexity index is 1600. The smallest absolute Gasteiger partial charge is 0.419 e. The summed E-state index contributed by atoms with van der Waals surface area (Å²) in [6.45, 7) is 2.82. The van der Waals surface area contributed by atoms with Crippen LogP contribution in [0.3, 0.4) is 0 Å². The topological polar surface area (TPSA) is 168 Å². The molecule has 204 valence electrons. The minimum Gasteiger partial charge on any atom is -0.419 e. The fourth-order valence-corrected chi connectivity index (χ4v) is 4.58. The monoisotopic (exact) mass is 564 g/mol. The second-order valence-electron chi connectivity index (χ2n) is 8.72. The zero-order chi connectivity index (χ0) is 28.1. The number of nitrogens with zero attached hydrogens (tertiary/aromatic N) is 6. The first kappa shape index (κ1) is 26.4. The lowest BCUT2D eigenvalue weighted by Gasteiger charge is -2.18. The van der Waals surface area contributed by atoms with E-state index in [4.69, 9.17) is 27.7 Å². The number of likely N-dealkylation sites (tertiary alicyclic amines) is 1. The average Bonchev–Trinajstić information content (AvgIpc) is 3.61. The van der Waals surface area contributed by atoms with E-state index in [1.54, 1.807) is 16.4 Å². The highest BCUT2D eigenvalue weighted by Crippen LogP contribution is 2.39. The molecule has 4 heterocycles. The maximum atomic E-state index is 13.6. The summed E-state index contributed by atoms with van der Waals surface area (Å²) in [5.74, 6) is -3.16. The summed E-state index contributed by atoms with van der Waals surface area (Å²) in [6.07, 6.45) is -3.35. The zero-order valence-electron chi connectivity index (χ0n) is 20.2. The maximum absolute atomic E-state index is 13.6. The van der Waals surface area contributed by atoms with Crippen LogP contribution < -0.4 is 16.2 Å². The first-order valence-electron chi connectivity index (χ1n) is 11.6. The van der Waals surface area contributed by atoms with E-state index in [1.165, 1.54) is 18.3 Å². The number of nitrogen functional groups attached to an aromatic ring is 1. The summed E-state index contributed by atoms with van der Waals surface area (Å²) in [5, 5.41) is 7.51. The van der Waals surface area contributed by atoms with E-state index < -0.39 is 17.9 Å². The number of alkyl halides is 3. The molecule has 1 saturated heterocycles. The van der Waals surface area contributed by atoms with Gasteiger partial charge in [0.15, 0.2) is 17.3 Å². The summed E-state index contributed by atoms with van der Waals surface area (Å²) in [4.78, 5) is 35.8. The number of hydrogen-bond acceptors (Lipinski definition) is 10. The molecule has 4 aromatic rings. The molecule has 0 aliphatic carbocycles. The van der Waals surface area contributed by atoms with Gasteiger partial charge in [0, 0.05) is 42.5 Å². The van der Waals surface area contributed by atoms with Crippen molar-refractivity contribution in [2.24, 2.45) is 5.73 Å². The number of nitrogens with two attached hydrogens (primary N) is 2. The lowest BCUT2D eigenvalue weighted by atomic mass is 10.1. The number of esters is 1. The third-order valence-electron chi connectivity index (χ3n) is 6.18. The summed E-state index contributed by atoms with van der Waals surface area (Å²) < 4.78 is 50.0. The molecule has 1 fully saturated rings. The Morgan fingerprint density at radius 2 is 2.03 bits per heavy atom. The number of hydrogen-bond donors (Lipinski definition) is 2. The molecular formula is C23H20ClF3N8O4. The highest BCUT2D eigenvalue weighted by atomic mass is 35.5. The molecule has 39 heavy (non-hydrogen) atoms. The van der Waals surface area contributed by atoms with E-state index in [9.17, 15) is 22.8 Å². The lowest BCUT2D eigenvalue weighted by Crippen LogP contribution is -2.32. The zero-order valence-corrected chi connectivity index (χ0v) is 21.0. The Morgan fingerprint density at radius 3 is 2.64 bits per heavy atom. The Kier molecular flexibility index (Phi) is 6.64. The van der Waals surface area contributed by atoms with Gasteiger partial charge in [-0.15, -0.1) is 0 Å². The van der Waals surface area contributed by atoms with Crippen LogP contribution in [0.5, 0.6) is 5.75 Å². The number of aromatic nitrogens is 5. The fraction of sp³-hybridized carbons (Fsp3) is 0.304. The van der Waals surface area contributed by atoms with Crippen LogP contribution in [0.15, 0.2) is 29.0 Å². The summed E-state index contributed by atoms with van der Waals surface area (Å²) in [7, 11) is 0. The summed E-state index contributed by atoms with van der Waals surface area (Å²) in [5.41, 5.74) is 12.5. The third kappa shape index (κ3) is 4.74. The molecule has 1 amide bonds. The number of imidazole rings is 1. The molecule has 12 nitrogen and oxygen atoms in total. The Balaban J connectivity index is 1.77. The minimum absolute atomic E-state index is 0.00405. The standard InChI is InChI=1S/C23H20ClF3N8O4/c1-2-35-18-13(21(36)34-6-5-11(28)9-34)8-30-15(16(18)31-20(35)17-19(29)33-39-32-17)12-7-10(24)3-4-14(12)38-22(37)23(25,26)27/h3-4,7-8,11H,2,5-6,9,28H2,1H3,(H2,29,33). The van der Waals surface area contributed by atoms with Gasteiger partial charge in [0.05, 0.1) is 11.1 Å². The Hall–Kier alpha value is -4.24. The van der Waals surface area contributed by atoms with Crippen LogP contribution in [0.2, 0.25) is 5.02 Å². The Morgan fingerprint density at radius 1 is 1.26 bits per heavy atom. The van der Waals surface area contributed by atoms with E-state index in [2.05, 4.69) is 25.0 Å². The van der Waals surface area contributed by atoms with Crippen LogP contribution in [-0.2, 0) is 11.3 Å². The summed E-state index contributed by atoms with van der Waals surface area (Å²) >= 11 is 6.16. The normalized spacial score (nSPS) is 15.7. The summed E-state index contributed by atoms with van der Waals surface area (Å²) in [6, 6.07) is 3.46. The SMILES string of the molecule is CCn1c(-c2nonc2N)nc2c(-c3cc(Cl)ccc3OC(=O)C(F)(F)F)ncc(C(=O)N3CCC(N)C3)c21. The van der Waals surface area contributed by atoms with Gasteiger partial charge < -0.3 is 25.7 Å². The molecular weight excluding hydrogens is 545 g/mol. The molecule has 0 saturated carbocycles. The Labute approximate surface area is 222 Å². The second kappa shape index (κ2) is 9.81. The van der Waals surface area contributed by atoms with E-state index in [0.717, 1.165) is 6.07 Å². The molecule has 5 rings (SSSR count). The molecule has 1 aliphatic heterocycles. The van der Waals surface area contributed by atoms with Gasteiger partial charge in [-0.1, -0.05) is 11.6 Å². The molecule has 16 heteroatoms. The van der Waals surface area contributed by atoms with E-state index >= 15 is 0 Å². The van der Waals surface area contributed by atoms with E-state index in [-0.39, 0.29) is 63.2 Å². The van der Waals surface area contributed by atoms with Crippen molar-refractivity contribution < 1.29 is 32.1 Å². The molecule has 1 aliphatic rings. The van der Waals surface area contributed by atoms with Crippen molar-refractivity contribution in [1.82, 2.24) is 29.7 Å². The van der Waals surface area contributed by atoms with E-state index in [1.807, 2.05) is 0 Å². The number of aryl methyl sites for hydroxylation is 1. The highest BCUT2D eigenvalue weighted by Gasteiger charge is 2.42. The number of amides is 1. The average molecular weight is 565 g/mol. The quantitative estimate of drug-likeness (QED) is 0.271.